The van der Waals surface area contributed by atoms with Crippen LogP contribution in [0.5, 0.6) is 0 Å². The fourth-order valence-corrected chi connectivity index (χ4v) is 19.4. The third-order valence-electron chi connectivity index (χ3n) is 27.7. The van der Waals surface area contributed by atoms with Crippen molar-refractivity contribution in [1.82, 2.24) is 4.57 Å². The number of para-hydroxylation sites is 2. The first-order chi connectivity index (χ1) is 68.3. The summed E-state index contributed by atoms with van der Waals surface area (Å²) < 4.78 is 170. The lowest BCUT2D eigenvalue weighted by atomic mass is 9.33. The van der Waals surface area contributed by atoms with Crippen LogP contribution in [0.4, 0.5) is 34.1 Å². The number of benzene rings is 13. The van der Waals surface area contributed by atoms with Crippen molar-refractivity contribution in [2.75, 3.05) is 9.80 Å². The minimum atomic E-state index is -1.12. The molecule has 14 aromatic rings. The van der Waals surface area contributed by atoms with Crippen LogP contribution in [0.3, 0.4) is 0 Å². The highest BCUT2D eigenvalue weighted by atomic mass is 15.2. The van der Waals surface area contributed by atoms with Crippen molar-refractivity contribution in [1.29, 1.82) is 0 Å². The van der Waals surface area contributed by atoms with Crippen LogP contribution in [-0.4, -0.2) is 11.3 Å². The van der Waals surface area contributed by atoms with Gasteiger partial charge in [-0.3, -0.25) is 0 Å². The van der Waals surface area contributed by atoms with Crippen molar-refractivity contribution in [3.05, 3.63) is 309 Å². The van der Waals surface area contributed by atoms with E-state index in [2.05, 4.69) is 372 Å². The van der Waals surface area contributed by atoms with E-state index in [1.807, 2.05) is 47.6 Å². The molecule has 4 heteroatoms. The molecule has 0 spiro atoms. The predicted molar refractivity (Wildman–Crippen MR) is 591 cm³/mol. The normalized spacial score (nSPS) is 15.7. The maximum Gasteiger partial charge on any atom is 0.252 e. The van der Waals surface area contributed by atoms with Crippen LogP contribution < -0.4 is 26.2 Å². The molecule has 694 valence electrons. The van der Waals surface area contributed by atoms with E-state index >= 15 is 0 Å². The fourth-order valence-electron chi connectivity index (χ4n) is 19.4. The Kier molecular flexibility index (Phi) is 18.8. The zero-order valence-corrected chi connectivity index (χ0v) is 88.2. The van der Waals surface area contributed by atoms with E-state index in [-0.39, 0.29) is 108 Å². The number of hydrogen-bond donors (Lipinski definition) is 0. The quantitative estimate of drug-likeness (QED) is 0.133. The van der Waals surface area contributed by atoms with E-state index in [1.165, 1.54) is 0 Å². The Morgan fingerprint density at radius 2 is 0.575 bits per heavy atom. The minimum absolute atomic E-state index is 0.0135. The zero-order valence-electron chi connectivity index (χ0n) is 104. The van der Waals surface area contributed by atoms with Gasteiger partial charge in [0.1, 0.15) is 0 Å². The van der Waals surface area contributed by atoms with Gasteiger partial charge in [-0.2, -0.15) is 0 Å². The number of rotatable bonds is 9. The van der Waals surface area contributed by atoms with Crippen molar-refractivity contribution >= 4 is 79.0 Å². The maximum atomic E-state index is 12.3. The molecule has 0 bridgehead atoms. The standard InChI is InChI=1S/C130H156BN3/c1-118(2,3)86-53-48-79(49-54-86)99-74-94(126(25,26)27)76-101(85-66-92(124(19,20)21)73-93(67-85)125(22,23)24)116(99)134-110-78-96(132-107-46-42-40-44-97(107)98-45-41-43-47-108(98)132)57-61-106(110)131-105-60-52-81(82-62-88(120(7,8)9)71-89(63-82)121(10,11)12)68-109(105)133(111-69-84(70-112(134)115(111)131)83-64-90(122(13,14)15)72-91(65-83)123(16,17)18)117-100(80-50-55-87(56-51-80)119(4,5)6)75-95(127(28,29)30)77-102(117)113-103(128(31,32)33)58-59-104(129(34,35)36)114(113)130(37,38)39/h40-78H,1-39H3/i40D,41D,42D,43D,44D,45D,46D,47D,50D,51D,55D,56D,58D,59D,75D,77D. The van der Waals surface area contributed by atoms with Crippen LogP contribution in [0.25, 0.3) is 94.3 Å². The van der Waals surface area contributed by atoms with Crippen LogP contribution in [-0.2, 0) is 70.4 Å². The van der Waals surface area contributed by atoms with Gasteiger partial charge in [0.15, 0.2) is 0 Å². The number of nitrogens with zero attached hydrogens (tertiary/aromatic N) is 3. The number of hydrogen-bond acceptors (Lipinski definition) is 2. The van der Waals surface area contributed by atoms with Crippen LogP contribution in [0.1, 0.15) is 364 Å². The average Bonchev–Trinajstić information content (AvgIpc) is 1.42. The summed E-state index contributed by atoms with van der Waals surface area (Å²) in [7, 11) is 0. The Morgan fingerprint density at radius 3 is 0.993 bits per heavy atom. The monoisotopic (exact) mass is 1790 g/mol. The highest BCUT2D eigenvalue weighted by molar-refractivity contribution is 7.00. The topological polar surface area (TPSA) is 11.4 Å². The second kappa shape index (κ2) is 32.5. The van der Waals surface area contributed by atoms with E-state index in [0.717, 1.165) is 94.6 Å². The summed E-state index contributed by atoms with van der Waals surface area (Å²) >= 11 is 0. The predicted octanol–water partition coefficient (Wildman–Crippen LogP) is 35.7. The lowest BCUT2D eigenvalue weighted by Crippen LogP contribution is -2.61. The molecule has 16 rings (SSSR count). The van der Waals surface area contributed by atoms with Gasteiger partial charge in [0, 0.05) is 61.5 Å². The Hall–Kier alpha value is -10.7. The fraction of sp³-hybridized carbons (Fsp3) is 0.400. The van der Waals surface area contributed by atoms with Gasteiger partial charge in [0.25, 0.3) is 6.71 Å². The molecular formula is C130H156BN3. The van der Waals surface area contributed by atoms with Crippen LogP contribution in [0.2, 0.25) is 0 Å². The molecule has 134 heavy (non-hydrogen) atoms. The molecule has 0 unspecified atom stereocenters. The van der Waals surface area contributed by atoms with E-state index in [1.54, 1.807) is 4.57 Å². The molecule has 0 saturated carbocycles. The average molecular weight is 1790 g/mol. The van der Waals surface area contributed by atoms with Crippen LogP contribution in [0, 0.1) is 0 Å². The first-order valence-corrected chi connectivity index (χ1v) is 48.7. The third kappa shape index (κ3) is 18.0. The van der Waals surface area contributed by atoms with Crippen LogP contribution in [0.15, 0.2) is 236 Å². The van der Waals surface area contributed by atoms with Crippen molar-refractivity contribution in [2.24, 2.45) is 0 Å². The van der Waals surface area contributed by atoms with Crippen LogP contribution >= 0.6 is 0 Å². The molecule has 0 radical (unpaired) electrons. The summed E-state index contributed by atoms with van der Waals surface area (Å²) in [6.45, 7) is 83.3. The highest BCUT2D eigenvalue weighted by Gasteiger charge is 2.48. The van der Waals surface area contributed by atoms with E-state index in [4.69, 9.17) is 0 Å². The van der Waals surface area contributed by atoms with Crippen molar-refractivity contribution in [3.8, 4) is 72.4 Å². The van der Waals surface area contributed by atoms with Gasteiger partial charge in [-0.1, -0.05) is 440 Å². The lowest BCUT2D eigenvalue weighted by Gasteiger charge is -2.47. The molecule has 2 aliphatic heterocycles. The number of anilines is 6. The first kappa shape index (κ1) is 77.5. The van der Waals surface area contributed by atoms with Gasteiger partial charge < -0.3 is 14.4 Å². The van der Waals surface area contributed by atoms with Gasteiger partial charge in [-0.05, 0) is 270 Å². The molecule has 0 N–H and O–H groups in total. The summed E-state index contributed by atoms with van der Waals surface area (Å²) in [6, 6.07) is 46.0. The SMILES string of the molecule is [2H]c1c([2H])c(C(C)(C)C)c([2H])c([2H])c1-c1c([2H])c(C(C)(C)C)c([2H])c(-c2c(C(C)(C)C)c([2H])c([2H])c(C(C)(C)C)c2C(C)(C)C)c1N1c2cc(-c3cc(C(C)(C)C)cc(C(C)(C)C)c3)ccc2B2c3ccc(-n4c5c([2H])c([2H])c([2H])c([2H])c5c5c([2H])c([2H])c([2H])c([2H])c54)cc3N(c3c(-c4ccc(C(C)(C)C)cc4)cc(C(C)(C)C)cc3-c3cc(C(C)(C)C)cc(C(C)(C)C)c3)c3cc(-c4cc(C(C)(C)C)cc(C(C)(C)C)c4)cc1c32. The van der Waals surface area contributed by atoms with E-state index < -0.39 is 121 Å². The molecular weight excluding hydrogens is 1610 g/mol. The smallest absolute Gasteiger partial charge is 0.252 e. The number of fused-ring (bicyclic) bond motifs is 7. The van der Waals surface area contributed by atoms with Gasteiger partial charge in [0.05, 0.1) is 44.3 Å². The zero-order chi connectivity index (χ0) is 112. The van der Waals surface area contributed by atoms with Gasteiger partial charge in [-0.15, -0.1) is 0 Å². The molecule has 2 aliphatic rings. The molecule has 0 fully saturated rings. The molecule has 3 nitrogen and oxygen atoms in total. The Balaban J connectivity index is 1.31. The van der Waals surface area contributed by atoms with Crippen molar-refractivity contribution in [2.45, 2.75) is 340 Å². The summed E-state index contributed by atoms with van der Waals surface area (Å²) in [5, 5.41) is -0.155. The Bertz CT molecular complexity index is 7810. The summed E-state index contributed by atoms with van der Waals surface area (Å²) in [6.07, 6.45) is 0. The second-order valence-electron chi connectivity index (χ2n) is 52.2. The molecule has 0 saturated heterocycles. The van der Waals surface area contributed by atoms with E-state index in [0.29, 0.717) is 67.2 Å². The lowest BCUT2D eigenvalue weighted by molar-refractivity contribution is 0.525. The molecule has 13 aromatic carbocycles. The Morgan fingerprint density at radius 1 is 0.231 bits per heavy atom. The summed E-state index contributed by atoms with van der Waals surface area (Å²) in [5.74, 6) is 0. The van der Waals surface area contributed by atoms with Gasteiger partial charge in [-0.25, -0.2) is 0 Å². The minimum Gasteiger partial charge on any atom is -0.310 e. The third-order valence-corrected chi connectivity index (χ3v) is 27.7. The summed E-state index contributed by atoms with van der Waals surface area (Å²) in [5.41, 5.74) is 15.1. The molecule has 0 amide bonds. The molecule has 1 aromatic heterocycles. The largest absolute Gasteiger partial charge is 0.310 e. The molecule has 0 aliphatic carbocycles. The van der Waals surface area contributed by atoms with Crippen molar-refractivity contribution < 1.29 is 21.9 Å². The van der Waals surface area contributed by atoms with Gasteiger partial charge in [0.2, 0.25) is 0 Å². The molecule has 3 heterocycles. The molecule has 0 atom stereocenters. The first-order valence-electron chi connectivity index (χ1n) is 56.7. The van der Waals surface area contributed by atoms with Crippen molar-refractivity contribution in [3.63, 3.8) is 0 Å². The second-order valence-corrected chi connectivity index (χ2v) is 52.2. The number of aromatic nitrogens is 1. The summed E-state index contributed by atoms with van der Waals surface area (Å²) in [4.78, 5) is 4.65. The highest BCUT2D eigenvalue weighted by Crippen LogP contribution is 2.60. The van der Waals surface area contributed by atoms with E-state index in [9.17, 15) is 21.9 Å². The van der Waals surface area contributed by atoms with Gasteiger partial charge >= 0.3 is 0 Å². The maximum absolute atomic E-state index is 12.3. The Labute approximate surface area is 832 Å².